The first-order valence-electron chi connectivity index (χ1n) is 6.55. The minimum Gasteiger partial charge on any atom is -0.370 e. The van der Waals surface area contributed by atoms with E-state index in [-0.39, 0.29) is 0 Å². The number of rotatable bonds is 5. The number of likely N-dealkylation sites (tertiary alicyclic amines) is 1. The summed E-state index contributed by atoms with van der Waals surface area (Å²) in [6.45, 7) is 8.24. The minimum atomic E-state index is 0.576. The highest BCUT2D eigenvalue weighted by Gasteiger charge is 2.19. The summed E-state index contributed by atoms with van der Waals surface area (Å²) in [5.41, 5.74) is 5.69. The monoisotopic (exact) mass is 226 g/mol. The first-order chi connectivity index (χ1) is 7.77. The van der Waals surface area contributed by atoms with E-state index in [4.69, 9.17) is 5.73 Å². The van der Waals surface area contributed by atoms with Crippen LogP contribution in [0.25, 0.3) is 0 Å². The maximum atomic E-state index is 5.69. The molecule has 1 rings (SSSR count). The van der Waals surface area contributed by atoms with Crippen LogP contribution in [0.4, 0.5) is 0 Å². The summed E-state index contributed by atoms with van der Waals surface area (Å²) in [6.07, 6.45) is 5.33. The molecule has 1 atom stereocenters. The van der Waals surface area contributed by atoms with Crippen LogP contribution in [0, 0.1) is 0 Å². The Bertz CT molecular complexity index is 215. The number of aliphatic imine (C=N–C) groups is 1. The van der Waals surface area contributed by atoms with Gasteiger partial charge in [-0.3, -0.25) is 9.89 Å². The van der Waals surface area contributed by atoms with Gasteiger partial charge in [-0.2, -0.15) is 0 Å². The number of hydrogen-bond donors (Lipinski definition) is 2. The zero-order chi connectivity index (χ0) is 11.8. The van der Waals surface area contributed by atoms with Gasteiger partial charge in [-0.05, 0) is 32.7 Å². The summed E-state index contributed by atoms with van der Waals surface area (Å²) in [5, 5.41) is 3.02. The van der Waals surface area contributed by atoms with Crippen molar-refractivity contribution in [2.75, 3.05) is 26.2 Å². The number of hydrogen-bond acceptors (Lipinski definition) is 2. The number of nitrogens with one attached hydrogen (secondary N) is 1. The Balaban J connectivity index is 2.27. The molecule has 0 spiro atoms. The average Bonchev–Trinajstić information content (AvgIpc) is 2.30. The zero-order valence-corrected chi connectivity index (χ0v) is 10.7. The molecule has 0 aromatic carbocycles. The summed E-state index contributed by atoms with van der Waals surface area (Å²) < 4.78 is 0. The van der Waals surface area contributed by atoms with Crippen molar-refractivity contribution in [3.63, 3.8) is 0 Å². The van der Waals surface area contributed by atoms with Gasteiger partial charge in [-0.1, -0.05) is 13.3 Å². The van der Waals surface area contributed by atoms with Crippen LogP contribution >= 0.6 is 0 Å². The Hall–Kier alpha value is -0.770. The largest absolute Gasteiger partial charge is 0.370 e. The second-order valence-electron chi connectivity index (χ2n) is 4.39. The van der Waals surface area contributed by atoms with Crippen LogP contribution in [0.15, 0.2) is 4.99 Å². The van der Waals surface area contributed by atoms with Gasteiger partial charge in [0.15, 0.2) is 5.96 Å². The fourth-order valence-corrected chi connectivity index (χ4v) is 2.35. The zero-order valence-electron chi connectivity index (χ0n) is 10.7. The van der Waals surface area contributed by atoms with Crippen LogP contribution in [-0.4, -0.2) is 43.1 Å². The first-order valence-corrected chi connectivity index (χ1v) is 6.55. The van der Waals surface area contributed by atoms with Crippen molar-refractivity contribution in [1.82, 2.24) is 10.2 Å². The molecule has 0 aromatic heterocycles. The predicted octanol–water partition coefficient (Wildman–Crippen LogP) is 1.18. The summed E-state index contributed by atoms with van der Waals surface area (Å²) in [5.74, 6) is 0.576. The van der Waals surface area contributed by atoms with E-state index >= 15 is 0 Å². The molecular weight excluding hydrogens is 200 g/mol. The maximum Gasteiger partial charge on any atom is 0.188 e. The lowest BCUT2D eigenvalue weighted by atomic mass is 10.0. The Morgan fingerprint density at radius 3 is 2.94 bits per heavy atom. The van der Waals surface area contributed by atoms with Crippen molar-refractivity contribution >= 4 is 5.96 Å². The third-order valence-corrected chi connectivity index (χ3v) is 3.25. The number of nitrogens with zero attached hydrogens (tertiary/aromatic N) is 2. The molecule has 0 amide bonds. The fourth-order valence-electron chi connectivity index (χ4n) is 2.35. The molecule has 0 aromatic rings. The molecule has 1 heterocycles. The predicted molar refractivity (Wildman–Crippen MR) is 69.7 cm³/mol. The van der Waals surface area contributed by atoms with Crippen molar-refractivity contribution in [2.45, 2.75) is 45.6 Å². The lowest BCUT2D eigenvalue weighted by molar-refractivity contribution is 0.149. The van der Waals surface area contributed by atoms with Gasteiger partial charge in [-0.15, -0.1) is 0 Å². The minimum absolute atomic E-state index is 0.576. The van der Waals surface area contributed by atoms with Gasteiger partial charge in [0.2, 0.25) is 0 Å². The van der Waals surface area contributed by atoms with Crippen LogP contribution in [0.5, 0.6) is 0 Å². The molecule has 0 saturated carbocycles. The Morgan fingerprint density at radius 1 is 1.44 bits per heavy atom. The van der Waals surface area contributed by atoms with Gasteiger partial charge in [0.05, 0.1) is 6.54 Å². The highest BCUT2D eigenvalue weighted by molar-refractivity contribution is 5.77. The maximum absolute atomic E-state index is 5.69. The first kappa shape index (κ1) is 13.3. The molecule has 1 aliphatic rings. The Kier molecular flexibility index (Phi) is 6.23. The van der Waals surface area contributed by atoms with Crippen molar-refractivity contribution in [3.05, 3.63) is 0 Å². The summed E-state index contributed by atoms with van der Waals surface area (Å²) in [4.78, 5) is 6.88. The van der Waals surface area contributed by atoms with Gasteiger partial charge in [0, 0.05) is 19.1 Å². The van der Waals surface area contributed by atoms with E-state index in [0.717, 1.165) is 25.7 Å². The van der Waals surface area contributed by atoms with Crippen molar-refractivity contribution < 1.29 is 0 Å². The van der Waals surface area contributed by atoms with E-state index in [1.807, 2.05) is 6.92 Å². The molecule has 0 radical (unpaired) electrons. The van der Waals surface area contributed by atoms with Crippen molar-refractivity contribution in [2.24, 2.45) is 10.7 Å². The molecule has 0 aliphatic carbocycles. The Labute approximate surface area is 99.3 Å². The molecule has 1 unspecified atom stereocenters. The van der Waals surface area contributed by atoms with Gasteiger partial charge < -0.3 is 11.1 Å². The van der Waals surface area contributed by atoms with Gasteiger partial charge in [0.1, 0.15) is 0 Å². The van der Waals surface area contributed by atoms with E-state index in [9.17, 15) is 0 Å². The normalized spacial score (nSPS) is 23.4. The molecule has 1 fully saturated rings. The van der Waals surface area contributed by atoms with Crippen LogP contribution in [0.3, 0.4) is 0 Å². The average molecular weight is 226 g/mol. The van der Waals surface area contributed by atoms with E-state index in [1.54, 1.807) is 0 Å². The number of guanidine groups is 1. The summed E-state index contributed by atoms with van der Waals surface area (Å²) >= 11 is 0. The fraction of sp³-hybridized carbons (Fsp3) is 0.917. The van der Waals surface area contributed by atoms with Gasteiger partial charge in [0.25, 0.3) is 0 Å². The molecule has 1 aliphatic heterocycles. The molecule has 4 nitrogen and oxygen atoms in total. The van der Waals surface area contributed by atoms with Crippen LogP contribution in [-0.2, 0) is 0 Å². The number of piperidine rings is 1. The van der Waals surface area contributed by atoms with Crippen molar-refractivity contribution in [3.8, 4) is 0 Å². The van der Waals surface area contributed by atoms with Crippen LogP contribution < -0.4 is 11.1 Å². The Morgan fingerprint density at radius 2 is 2.25 bits per heavy atom. The lowest BCUT2D eigenvalue weighted by Crippen LogP contribution is -2.41. The topological polar surface area (TPSA) is 53.6 Å². The highest BCUT2D eigenvalue weighted by Crippen LogP contribution is 2.18. The molecule has 94 valence electrons. The smallest absolute Gasteiger partial charge is 0.188 e. The quantitative estimate of drug-likeness (QED) is 0.546. The third kappa shape index (κ3) is 4.39. The molecular formula is C12H26N4. The van der Waals surface area contributed by atoms with Crippen LogP contribution in [0.1, 0.15) is 39.5 Å². The second-order valence-corrected chi connectivity index (χ2v) is 4.39. The van der Waals surface area contributed by atoms with E-state index in [2.05, 4.69) is 22.1 Å². The van der Waals surface area contributed by atoms with Gasteiger partial charge >= 0.3 is 0 Å². The van der Waals surface area contributed by atoms with Gasteiger partial charge in [-0.25, -0.2) is 0 Å². The van der Waals surface area contributed by atoms with Crippen LogP contribution in [0.2, 0.25) is 0 Å². The van der Waals surface area contributed by atoms with E-state index in [0.29, 0.717) is 5.96 Å². The van der Waals surface area contributed by atoms with E-state index < -0.39 is 0 Å². The summed E-state index contributed by atoms with van der Waals surface area (Å²) in [6, 6.07) is 0.768. The SMILES string of the molecule is CCNC(N)=NCCN1CCCCC1CC. The van der Waals surface area contributed by atoms with Crippen molar-refractivity contribution in [1.29, 1.82) is 0 Å². The lowest BCUT2D eigenvalue weighted by Gasteiger charge is -2.34. The van der Waals surface area contributed by atoms with E-state index in [1.165, 1.54) is 32.2 Å². The molecule has 4 heteroatoms. The third-order valence-electron chi connectivity index (χ3n) is 3.25. The molecule has 0 bridgehead atoms. The standard InChI is InChI=1S/C12H26N4/c1-3-11-7-5-6-9-16(11)10-8-15-12(13)14-4-2/h11H,3-10H2,1-2H3,(H3,13,14,15). The number of nitrogens with two attached hydrogens (primary N) is 1. The molecule has 1 saturated heterocycles. The molecule has 3 N–H and O–H groups in total. The molecule has 16 heavy (non-hydrogen) atoms. The second kappa shape index (κ2) is 7.49. The highest BCUT2D eigenvalue weighted by atomic mass is 15.2. The summed E-state index contributed by atoms with van der Waals surface area (Å²) in [7, 11) is 0.